The molecule has 0 radical (unpaired) electrons. The van der Waals surface area contributed by atoms with Gasteiger partial charge in [-0.05, 0) is 93.0 Å². The van der Waals surface area contributed by atoms with Crippen LogP contribution in [0.4, 0.5) is 0 Å². The molecular formula is C33H46O7. The normalized spacial score (nSPS) is 41.5. The highest BCUT2D eigenvalue weighted by atomic mass is 16.6. The highest BCUT2D eigenvalue weighted by Crippen LogP contribution is 2.66. The largest absolute Gasteiger partial charge is 0.454 e. The summed E-state index contributed by atoms with van der Waals surface area (Å²) < 4.78 is 10.8. The predicted molar refractivity (Wildman–Crippen MR) is 148 cm³/mol. The SMILES string of the molecule is CC(CCC(=O)OCC(=O)OC1(C)C=CCCC1)C1CCC2C3C(=O)CC4CC(=O)CCC4(C)C3CC(=O)C12C. The van der Waals surface area contributed by atoms with Crippen molar-refractivity contribution in [2.75, 3.05) is 6.61 Å². The molecule has 4 saturated carbocycles. The molecule has 0 amide bonds. The van der Waals surface area contributed by atoms with E-state index in [9.17, 15) is 24.0 Å². The average Bonchev–Trinajstić information content (AvgIpc) is 3.26. The molecule has 0 aromatic rings. The van der Waals surface area contributed by atoms with Crippen molar-refractivity contribution in [2.24, 2.45) is 46.3 Å². The first-order valence-electron chi connectivity index (χ1n) is 15.5. The van der Waals surface area contributed by atoms with Crippen molar-refractivity contribution in [2.45, 2.75) is 110 Å². The third kappa shape index (κ3) is 5.11. The number of carbonyl (C=O) groups is 5. The lowest BCUT2D eigenvalue weighted by Gasteiger charge is -2.58. The van der Waals surface area contributed by atoms with Crippen LogP contribution in [0.25, 0.3) is 0 Å². The van der Waals surface area contributed by atoms with Gasteiger partial charge in [-0.15, -0.1) is 0 Å². The molecule has 220 valence electrons. The van der Waals surface area contributed by atoms with Crippen LogP contribution in [0.2, 0.25) is 0 Å². The van der Waals surface area contributed by atoms with E-state index < -0.39 is 29.6 Å². The lowest BCUT2D eigenvalue weighted by molar-refractivity contribution is -0.168. The molecule has 0 aromatic carbocycles. The minimum absolute atomic E-state index is 0.0334. The van der Waals surface area contributed by atoms with Crippen LogP contribution in [-0.4, -0.2) is 41.5 Å². The van der Waals surface area contributed by atoms with E-state index in [2.05, 4.69) is 20.8 Å². The van der Waals surface area contributed by atoms with Gasteiger partial charge < -0.3 is 9.47 Å². The molecule has 4 fully saturated rings. The van der Waals surface area contributed by atoms with Crippen LogP contribution in [0.5, 0.6) is 0 Å². The molecule has 9 atom stereocenters. The maximum Gasteiger partial charge on any atom is 0.345 e. The van der Waals surface area contributed by atoms with Crippen molar-refractivity contribution in [3.05, 3.63) is 12.2 Å². The highest BCUT2D eigenvalue weighted by molar-refractivity contribution is 5.93. The predicted octanol–water partition coefficient (Wildman–Crippen LogP) is 5.57. The number of ether oxygens (including phenoxy) is 2. The monoisotopic (exact) mass is 554 g/mol. The van der Waals surface area contributed by atoms with Crippen LogP contribution in [0, 0.1) is 46.3 Å². The Morgan fingerprint density at radius 2 is 1.77 bits per heavy atom. The topological polar surface area (TPSA) is 104 Å². The summed E-state index contributed by atoms with van der Waals surface area (Å²) >= 11 is 0. The number of hydrogen-bond acceptors (Lipinski definition) is 7. The molecule has 7 heteroatoms. The van der Waals surface area contributed by atoms with Gasteiger partial charge in [0.25, 0.3) is 0 Å². The quantitative estimate of drug-likeness (QED) is 0.299. The highest BCUT2D eigenvalue weighted by Gasteiger charge is 2.66. The van der Waals surface area contributed by atoms with E-state index >= 15 is 0 Å². The molecule has 5 aliphatic rings. The summed E-state index contributed by atoms with van der Waals surface area (Å²) in [5.74, 6) is 0.0361. The second-order valence-electron chi connectivity index (χ2n) is 14.2. The maximum absolute atomic E-state index is 13.9. The molecule has 5 rings (SSSR count). The molecule has 0 aromatic heterocycles. The Balaban J connectivity index is 1.18. The molecule has 0 aliphatic heterocycles. The van der Waals surface area contributed by atoms with Gasteiger partial charge in [0.05, 0.1) is 0 Å². The number of ketones is 3. The van der Waals surface area contributed by atoms with Crippen molar-refractivity contribution in [1.82, 2.24) is 0 Å². The molecule has 0 bridgehead atoms. The van der Waals surface area contributed by atoms with Gasteiger partial charge in [0.2, 0.25) is 0 Å². The molecule has 7 nitrogen and oxygen atoms in total. The number of rotatable bonds is 7. The van der Waals surface area contributed by atoms with E-state index in [1.165, 1.54) is 0 Å². The molecule has 0 spiro atoms. The van der Waals surface area contributed by atoms with Crippen LogP contribution in [0.3, 0.4) is 0 Å². The third-order valence-electron chi connectivity index (χ3n) is 11.9. The van der Waals surface area contributed by atoms with Gasteiger partial charge in [-0.2, -0.15) is 0 Å². The molecule has 0 saturated heterocycles. The Bertz CT molecular complexity index is 1110. The minimum Gasteiger partial charge on any atom is -0.454 e. The lowest BCUT2D eigenvalue weighted by atomic mass is 9.44. The average molecular weight is 555 g/mol. The number of carbonyl (C=O) groups excluding carboxylic acids is 5. The Kier molecular flexibility index (Phi) is 7.90. The zero-order valence-electron chi connectivity index (χ0n) is 24.7. The van der Waals surface area contributed by atoms with Gasteiger partial charge >= 0.3 is 11.9 Å². The molecule has 40 heavy (non-hydrogen) atoms. The number of hydrogen-bond donors (Lipinski definition) is 0. The summed E-state index contributed by atoms with van der Waals surface area (Å²) in [6, 6.07) is 0. The van der Waals surface area contributed by atoms with Gasteiger partial charge in [0.1, 0.15) is 23.0 Å². The van der Waals surface area contributed by atoms with Crippen molar-refractivity contribution >= 4 is 29.3 Å². The van der Waals surface area contributed by atoms with Crippen LogP contribution < -0.4 is 0 Å². The number of Topliss-reactive ketones (excluding diaryl/α,β-unsaturated/α-hetero) is 3. The first-order valence-corrected chi connectivity index (χ1v) is 15.5. The van der Waals surface area contributed by atoms with E-state index in [4.69, 9.17) is 9.47 Å². The first-order chi connectivity index (χ1) is 18.9. The number of esters is 2. The molecule has 0 heterocycles. The van der Waals surface area contributed by atoms with Crippen LogP contribution in [-0.2, 0) is 33.4 Å². The third-order valence-corrected chi connectivity index (χ3v) is 11.9. The smallest absolute Gasteiger partial charge is 0.345 e. The number of fused-ring (bicyclic) bond motifs is 5. The second kappa shape index (κ2) is 10.8. The summed E-state index contributed by atoms with van der Waals surface area (Å²) in [4.78, 5) is 64.4. The van der Waals surface area contributed by atoms with Gasteiger partial charge in [-0.1, -0.05) is 26.8 Å². The van der Waals surface area contributed by atoms with Crippen molar-refractivity contribution in [3.8, 4) is 0 Å². The van der Waals surface area contributed by atoms with Gasteiger partial charge in [-0.3, -0.25) is 19.2 Å². The zero-order valence-corrected chi connectivity index (χ0v) is 24.7. The van der Waals surface area contributed by atoms with Crippen LogP contribution in [0.15, 0.2) is 12.2 Å². The van der Waals surface area contributed by atoms with Gasteiger partial charge in [-0.25, -0.2) is 4.79 Å². The van der Waals surface area contributed by atoms with Gasteiger partial charge in [0, 0.05) is 43.4 Å². The minimum atomic E-state index is -0.636. The summed E-state index contributed by atoms with van der Waals surface area (Å²) in [6.45, 7) is 7.87. The molecule has 9 unspecified atom stereocenters. The molecule has 0 N–H and O–H groups in total. The van der Waals surface area contributed by atoms with Crippen LogP contribution in [0.1, 0.15) is 105 Å². The Morgan fingerprint density at radius 3 is 2.50 bits per heavy atom. The summed E-state index contributed by atoms with van der Waals surface area (Å²) in [6.07, 6.45) is 11.8. The Labute approximate surface area is 238 Å². The van der Waals surface area contributed by atoms with Crippen molar-refractivity contribution < 1.29 is 33.4 Å². The fourth-order valence-corrected chi connectivity index (χ4v) is 9.51. The summed E-state index contributed by atoms with van der Waals surface area (Å²) in [5, 5.41) is 0. The summed E-state index contributed by atoms with van der Waals surface area (Å²) in [5.41, 5.74) is -1.33. The maximum atomic E-state index is 13.9. The van der Waals surface area contributed by atoms with E-state index in [1.54, 1.807) is 0 Å². The van der Waals surface area contributed by atoms with E-state index in [0.717, 1.165) is 38.5 Å². The van der Waals surface area contributed by atoms with Crippen LogP contribution >= 0.6 is 0 Å². The Hall–Kier alpha value is -2.31. The second-order valence-corrected chi connectivity index (χ2v) is 14.2. The fraction of sp³-hybridized carbons (Fsp3) is 0.788. The zero-order chi connectivity index (χ0) is 28.9. The van der Waals surface area contributed by atoms with Crippen molar-refractivity contribution in [3.63, 3.8) is 0 Å². The summed E-state index contributed by atoms with van der Waals surface area (Å²) in [7, 11) is 0. The first kappa shape index (κ1) is 29.2. The molecular weight excluding hydrogens is 508 g/mol. The number of allylic oxidation sites excluding steroid dienone is 1. The van der Waals surface area contributed by atoms with E-state index in [0.29, 0.717) is 32.1 Å². The standard InChI is InChI=1S/C33H46O7/c1-20(8-11-28(37)39-19-29(38)40-31(2)13-6-5-7-14-31)23-9-10-24-30-25(18-27(36)33(23,24)4)32(3)15-12-22(34)16-21(32)17-26(30)35/h6,13,20-21,23-25,30H,5,7-12,14-19H2,1-4H3. The van der Waals surface area contributed by atoms with Gasteiger partial charge in [0.15, 0.2) is 6.61 Å². The lowest BCUT2D eigenvalue weighted by Crippen LogP contribution is -2.60. The van der Waals surface area contributed by atoms with Crippen molar-refractivity contribution in [1.29, 1.82) is 0 Å². The van der Waals surface area contributed by atoms with E-state index in [-0.39, 0.29) is 64.7 Å². The molecule has 5 aliphatic carbocycles. The van der Waals surface area contributed by atoms with E-state index in [1.807, 2.05) is 19.1 Å². The fourth-order valence-electron chi connectivity index (χ4n) is 9.51. The Morgan fingerprint density at radius 1 is 1.00 bits per heavy atom.